The predicted octanol–water partition coefficient (Wildman–Crippen LogP) is 13.7. The minimum absolute atomic E-state index is 0.180. The Kier molecular flexibility index (Phi) is 8.00. The highest BCUT2D eigenvalue weighted by Crippen LogP contribution is 2.65. The van der Waals surface area contributed by atoms with Crippen LogP contribution in [0.5, 0.6) is 0 Å². The number of benzene rings is 6. The number of hydrogen-bond acceptors (Lipinski definition) is 3. The first-order valence-corrected chi connectivity index (χ1v) is 21.4. The summed E-state index contributed by atoms with van der Waals surface area (Å²) in [6, 6.07) is 52.0. The minimum Gasteiger partial charge on any atom is -0.208 e. The van der Waals surface area contributed by atoms with E-state index in [1.54, 1.807) is 0 Å². The molecule has 0 unspecified atom stereocenters. The fraction of sp³-hybridized carbons (Fsp3) is 0.278. The zero-order chi connectivity index (χ0) is 38.2. The summed E-state index contributed by atoms with van der Waals surface area (Å²) in [7, 11) is 0. The van der Waals surface area contributed by atoms with Crippen molar-refractivity contribution in [1.29, 1.82) is 0 Å². The highest BCUT2D eigenvalue weighted by atomic mass is 15.0. The molecule has 0 saturated heterocycles. The molecule has 11 rings (SSSR count). The maximum atomic E-state index is 5.30. The molecular formula is C54H49N3. The van der Waals surface area contributed by atoms with Crippen LogP contribution < -0.4 is 0 Å². The molecule has 4 aliphatic carbocycles. The van der Waals surface area contributed by atoms with E-state index in [9.17, 15) is 0 Å². The summed E-state index contributed by atoms with van der Waals surface area (Å²) in [6.45, 7) is 5.05. The van der Waals surface area contributed by atoms with E-state index in [1.807, 2.05) is 12.1 Å². The minimum atomic E-state index is -0.466. The fourth-order valence-electron chi connectivity index (χ4n) is 11.3. The van der Waals surface area contributed by atoms with Crippen molar-refractivity contribution in [3.8, 4) is 56.4 Å². The first kappa shape index (κ1) is 34.6. The fourth-order valence-corrected chi connectivity index (χ4v) is 11.3. The molecule has 3 heteroatoms. The van der Waals surface area contributed by atoms with E-state index in [0.717, 1.165) is 16.7 Å². The first-order chi connectivity index (χ1) is 28.0. The third kappa shape index (κ3) is 5.27. The van der Waals surface area contributed by atoms with E-state index in [1.165, 1.54) is 120 Å². The van der Waals surface area contributed by atoms with Gasteiger partial charge in [-0.25, -0.2) is 15.0 Å². The molecule has 0 N–H and O–H groups in total. The topological polar surface area (TPSA) is 38.7 Å². The lowest BCUT2D eigenvalue weighted by Crippen LogP contribution is -2.29. The summed E-state index contributed by atoms with van der Waals surface area (Å²) in [5.74, 6) is 2.08. The summed E-state index contributed by atoms with van der Waals surface area (Å²) in [4.78, 5) is 15.7. The standard InChI is InChI=1S/C54H49N3/c1-52(30-13-5-14-31-52)38-26-28-40-41-29-27-39(53(2)32-15-6-16-33-53)35-47(41)54(46(40)34-38)44-24-12-11-22-42(44)48-43(23-17-25-45(48)54)51-56-49(36-18-7-3-8-19-36)55-50(57-51)37-20-9-4-10-21-37/h3-4,7-12,17-29,34-35H,5-6,13-16,30-33H2,1-2H3. The molecule has 280 valence electrons. The molecule has 0 amide bonds. The van der Waals surface area contributed by atoms with Crippen molar-refractivity contribution in [2.45, 2.75) is 94.3 Å². The summed E-state index contributed by atoms with van der Waals surface area (Å²) in [5, 5.41) is 0. The van der Waals surface area contributed by atoms with Crippen molar-refractivity contribution < 1.29 is 0 Å². The zero-order valence-electron chi connectivity index (χ0n) is 33.2. The molecule has 0 aliphatic heterocycles. The first-order valence-electron chi connectivity index (χ1n) is 21.4. The number of rotatable bonds is 5. The van der Waals surface area contributed by atoms with E-state index < -0.39 is 5.41 Å². The number of fused-ring (bicyclic) bond motifs is 10. The van der Waals surface area contributed by atoms with Crippen molar-refractivity contribution in [2.24, 2.45) is 0 Å². The van der Waals surface area contributed by atoms with Gasteiger partial charge in [-0.15, -0.1) is 0 Å². The van der Waals surface area contributed by atoms with Gasteiger partial charge in [0.05, 0.1) is 5.41 Å². The van der Waals surface area contributed by atoms with Crippen LogP contribution in [-0.2, 0) is 16.2 Å². The third-order valence-corrected chi connectivity index (χ3v) is 14.5. The monoisotopic (exact) mass is 739 g/mol. The van der Waals surface area contributed by atoms with Crippen LogP contribution in [0.4, 0.5) is 0 Å². The summed E-state index contributed by atoms with van der Waals surface area (Å²) in [6.07, 6.45) is 12.9. The smallest absolute Gasteiger partial charge is 0.164 e. The second-order valence-corrected chi connectivity index (χ2v) is 17.8. The van der Waals surface area contributed by atoms with Crippen LogP contribution in [-0.4, -0.2) is 15.0 Å². The Bertz CT molecular complexity index is 2530. The van der Waals surface area contributed by atoms with Gasteiger partial charge < -0.3 is 0 Å². The van der Waals surface area contributed by atoms with Gasteiger partial charge in [-0.05, 0) is 92.1 Å². The van der Waals surface area contributed by atoms with Crippen LogP contribution >= 0.6 is 0 Å². The van der Waals surface area contributed by atoms with Crippen LogP contribution in [0.25, 0.3) is 56.4 Å². The highest BCUT2D eigenvalue weighted by Gasteiger charge is 2.53. The highest BCUT2D eigenvalue weighted by molar-refractivity contribution is 5.99. The normalized spacial score (nSPS) is 18.1. The van der Waals surface area contributed by atoms with Gasteiger partial charge in [0, 0.05) is 16.7 Å². The van der Waals surface area contributed by atoms with Gasteiger partial charge in [0.2, 0.25) is 0 Å². The molecule has 2 fully saturated rings. The van der Waals surface area contributed by atoms with E-state index >= 15 is 0 Å². The second kappa shape index (κ2) is 13.2. The Morgan fingerprint density at radius 2 is 0.825 bits per heavy atom. The van der Waals surface area contributed by atoms with Crippen molar-refractivity contribution in [1.82, 2.24) is 15.0 Å². The Morgan fingerprint density at radius 1 is 0.368 bits per heavy atom. The molecule has 57 heavy (non-hydrogen) atoms. The molecular weight excluding hydrogens is 691 g/mol. The van der Waals surface area contributed by atoms with Gasteiger partial charge in [-0.3, -0.25) is 0 Å². The summed E-state index contributed by atoms with van der Waals surface area (Å²) < 4.78 is 0. The van der Waals surface area contributed by atoms with Crippen LogP contribution in [0, 0.1) is 0 Å². The SMILES string of the molecule is CC1(c2ccc3c(c2)C2(c4cc(C5(C)CCCCC5)ccc4-3)c3ccccc3-c3c(-c4nc(-c5ccccc5)nc(-c5ccccc5)n4)cccc32)CCCCC1. The van der Waals surface area contributed by atoms with E-state index in [0.29, 0.717) is 17.5 Å². The Balaban J connectivity index is 1.20. The third-order valence-electron chi connectivity index (χ3n) is 14.5. The number of hydrogen-bond donors (Lipinski definition) is 0. The Hall–Kier alpha value is -5.67. The Morgan fingerprint density at radius 3 is 1.37 bits per heavy atom. The van der Waals surface area contributed by atoms with E-state index in [-0.39, 0.29) is 10.8 Å². The molecule has 1 heterocycles. The number of nitrogens with zero attached hydrogens (tertiary/aromatic N) is 3. The molecule has 0 atom stereocenters. The van der Waals surface area contributed by atoms with Gasteiger partial charge in [-0.1, -0.05) is 192 Å². The van der Waals surface area contributed by atoms with Gasteiger partial charge in [0.15, 0.2) is 17.5 Å². The second-order valence-electron chi connectivity index (χ2n) is 17.8. The molecule has 7 aromatic rings. The number of aromatic nitrogens is 3. The molecule has 6 aromatic carbocycles. The van der Waals surface area contributed by atoms with E-state index in [2.05, 4.69) is 141 Å². The lowest BCUT2D eigenvalue weighted by Gasteiger charge is -2.37. The van der Waals surface area contributed by atoms with Gasteiger partial charge in [0.1, 0.15) is 0 Å². The average Bonchev–Trinajstić information content (AvgIpc) is 3.74. The lowest BCUT2D eigenvalue weighted by atomic mass is 9.66. The molecule has 4 aliphatic rings. The van der Waals surface area contributed by atoms with Gasteiger partial charge in [-0.2, -0.15) is 0 Å². The van der Waals surface area contributed by atoms with Crippen LogP contribution in [0.2, 0.25) is 0 Å². The predicted molar refractivity (Wildman–Crippen MR) is 233 cm³/mol. The molecule has 0 bridgehead atoms. The van der Waals surface area contributed by atoms with Crippen LogP contribution in [0.15, 0.2) is 140 Å². The summed E-state index contributed by atoms with van der Waals surface area (Å²) >= 11 is 0. The van der Waals surface area contributed by atoms with Crippen molar-refractivity contribution in [2.75, 3.05) is 0 Å². The molecule has 2 saturated carbocycles. The van der Waals surface area contributed by atoms with Gasteiger partial charge >= 0.3 is 0 Å². The maximum absolute atomic E-state index is 5.30. The van der Waals surface area contributed by atoms with Gasteiger partial charge in [0.25, 0.3) is 0 Å². The van der Waals surface area contributed by atoms with Crippen LogP contribution in [0.3, 0.4) is 0 Å². The maximum Gasteiger partial charge on any atom is 0.164 e. The van der Waals surface area contributed by atoms with Crippen molar-refractivity contribution in [3.63, 3.8) is 0 Å². The largest absolute Gasteiger partial charge is 0.208 e. The Labute approximate surface area is 337 Å². The van der Waals surface area contributed by atoms with E-state index in [4.69, 9.17) is 15.0 Å². The van der Waals surface area contributed by atoms with Crippen molar-refractivity contribution in [3.05, 3.63) is 173 Å². The zero-order valence-corrected chi connectivity index (χ0v) is 33.2. The molecule has 3 nitrogen and oxygen atoms in total. The molecule has 1 aromatic heterocycles. The average molecular weight is 740 g/mol. The van der Waals surface area contributed by atoms with Crippen LogP contribution in [0.1, 0.15) is 111 Å². The molecule has 0 radical (unpaired) electrons. The quantitative estimate of drug-likeness (QED) is 0.176. The lowest BCUT2D eigenvalue weighted by molar-refractivity contribution is 0.319. The molecule has 1 spiro atoms. The van der Waals surface area contributed by atoms with Crippen molar-refractivity contribution >= 4 is 0 Å². The summed E-state index contributed by atoms with van der Waals surface area (Å²) in [5.41, 5.74) is 16.7.